The molecule has 118 valence electrons. The maximum Gasteiger partial charge on any atom is 0.253 e. The van der Waals surface area contributed by atoms with Crippen molar-refractivity contribution in [3.63, 3.8) is 0 Å². The second kappa shape index (κ2) is 6.96. The Hall–Kier alpha value is -2.82. The van der Waals surface area contributed by atoms with Crippen molar-refractivity contribution in [2.45, 2.75) is 19.9 Å². The Morgan fingerprint density at radius 2 is 2.17 bits per heavy atom. The number of ether oxygens (including phenoxy) is 1. The van der Waals surface area contributed by atoms with Gasteiger partial charge in [0.05, 0.1) is 12.2 Å². The molecule has 0 aliphatic heterocycles. The van der Waals surface area contributed by atoms with Crippen LogP contribution in [0.15, 0.2) is 48.8 Å². The second-order valence-corrected chi connectivity index (χ2v) is 5.32. The number of aromatic nitrogens is 2. The molecular formula is C18H19N3O2. The Morgan fingerprint density at radius 1 is 1.26 bits per heavy atom. The van der Waals surface area contributed by atoms with E-state index < -0.39 is 0 Å². The van der Waals surface area contributed by atoms with E-state index in [4.69, 9.17) is 4.74 Å². The third-order valence-electron chi connectivity index (χ3n) is 3.53. The molecule has 3 rings (SSSR count). The zero-order chi connectivity index (χ0) is 16.1. The highest BCUT2D eigenvalue weighted by molar-refractivity contribution is 5.93. The van der Waals surface area contributed by atoms with Crippen molar-refractivity contribution in [1.82, 2.24) is 15.3 Å². The van der Waals surface area contributed by atoms with Crippen LogP contribution in [0.4, 0.5) is 0 Å². The molecule has 3 aromatic rings. The SMILES string of the molecule is CCCOc1ccc(C(=O)NCc2ccc3cc[nH]c3c2)cn1. The molecule has 5 heteroatoms. The number of aromatic amines is 1. The zero-order valence-electron chi connectivity index (χ0n) is 13.0. The Balaban J connectivity index is 1.60. The molecule has 5 nitrogen and oxygen atoms in total. The molecular weight excluding hydrogens is 290 g/mol. The molecule has 0 radical (unpaired) electrons. The largest absolute Gasteiger partial charge is 0.478 e. The van der Waals surface area contributed by atoms with Crippen molar-refractivity contribution in [2.75, 3.05) is 6.61 Å². The summed E-state index contributed by atoms with van der Waals surface area (Å²) in [6.07, 6.45) is 4.37. The van der Waals surface area contributed by atoms with E-state index in [1.54, 1.807) is 12.1 Å². The first-order valence-electron chi connectivity index (χ1n) is 7.69. The predicted octanol–water partition coefficient (Wildman–Crippen LogP) is 3.28. The Morgan fingerprint density at radius 3 is 2.96 bits per heavy atom. The average molecular weight is 309 g/mol. The summed E-state index contributed by atoms with van der Waals surface area (Å²) in [6, 6.07) is 11.5. The maximum atomic E-state index is 12.2. The van der Waals surface area contributed by atoms with Crippen LogP contribution in [-0.4, -0.2) is 22.5 Å². The van der Waals surface area contributed by atoms with Gasteiger partial charge >= 0.3 is 0 Å². The van der Waals surface area contributed by atoms with Crippen molar-refractivity contribution in [3.8, 4) is 5.88 Å². The molecule has 0 bridgehead atoms. The van der Waals surface area contributed by atoms with Crippen molar-refractivity contribution < 1.29 is 9.53 Å². The lowest BCUT2D eigenvalue weighted by Crippen LogP contribution is -2.22. The summed E-state index contributed by atoms with van der Waals surface area (Å²) in [6.45, 7) is 3.13. The summed E-state index contributed by atoms with van der Waals surface area (Å²) in [7, 11) is 0. The fourth-order valence-corrected chi connectivity index (χ4v) is 2.30. The number of pyridine rings is 1. The first-order valence-corrected chi connectivity index (χ1v) is 7.69. The van der Waals surface area contributed by atoms with E-state index in [-0.39, 0.29) is 5.91 Å². The van der Waals surface area contributed by atoms with E-state index in [1.165, 1.54) is 6.20 Å². The van der Waals surface area contributed by atoms with Crippen LogP contribution < -0.4 is 10.1 Å². The highest BCUT2D eigenvalue weighted by Crippen LogP contribution is 2.14. The van der Waals surface area contributed by atoms with E-state index in [9.17, 15) is 4.79 Å². The van der Waals surface area contributed by atoms with E-state index in [0.717, 1.165) is 22.9 Å². The molecule has 0 atom stereocenters. The average Bonchev–Trinajstić information content (AvgIpc) is 3.06. The number of nitrogens with one attached hydrogen (secondary N) is 2. The number of hydrogen-bond donors (Lipinski definition) is 2. The fourth-order valence-electron chi connectivity index (χ4n) is 2.30. The molecule has 0 aliphatic carbocycles. The number of carbonyl (C=O) groups is 1. The fraction of sp³-hybridized carbons (Fsp3) is 0.222. The third kappa shape index (κ3) is 3.69. The molecule has 2 aromatic heterocycles. The summed E-state index contributed by atoms with van der Waals surface area (Å²) in [5, 5.41) is 4.06. The third-order valence-corrected chi connectivity index (χ3v) is 3.53. The summed E-state index contributed by atoms with van der Waals surface area (Å²) in [5.41, 5.74) is 2.63. The van der Waals surface area contributed by atoms with Crippen molar-refractivity contribution in [3.05, 3.63) is 59.9 Å². The van der Waals surface area contributed by atoms with Gasteiger partial charge in [0.25, 0.3) is 5.91 Å². The number of carbonyl (C=O) groups excluding carboxylic acids is 1. The Kier molecular flexibility index (Phi) is 4.57. The van der Waals surface area contributed by atoms with Crippen molar-refractivity contribution in [2.24, 2.45) is 0 Å². The molecule has 1 amide bonds. The number of amides is 1. The molecule has 0 saturated carbocycles. The van der Waals surface area contributed by atoms with Gasteiger partial charge in [0.1, 0.15) is 0 Å². The minimum absolute atomic E-state index is 0.147. The van der Waals surface area contributed by atoms with Gasteiger partial charge in [0, 0.05) is 30.5 Å². The molecule has 2 N–H and O–H groups in total. The van der Waals surface area contributed by atoms with Gasteiger partial charge in [-0.1, -0.05) is 19.1 Å². The predicted molar refractivity (Wildman–Crippen MR) is 89.5 cm³/mol. The molecule has 23 heavy (non-hydrogen) atoms. The number of fused-ring (bicyclic) bond motifs is 1. The van der Waals surface area contributed by atoms with Crippen LogP contribution in [-0.2, 0) is 6.54 Å². The standard InChI is InChI=1S/C18H19N3O2/c1-2-9-23-17-6-5-15(12-20-17)18(22)21-11-13-3-4-14-7-8-19-16(14)10-13/h3-8,10,12,19H,2,9,11H2,1H3,(H,21,22). The van der Waals surface area contributed by atoms with Gasteiger partial charge in [-0.25, -0.2) is 4.98 Å². The minimum atomic E-state index is -0.147. The summed E-state index contributed by atoms with van der Waals surface area (Å²) >= 11 is 0. The van der Waals surface area contributed by atoms with Gasteiger partial charge in [0.2, 0.25) is 5.88 Å². The van der Waals surface area contributed by atoms with Crippen LogP contribution in [0.25, 0.3) is 10.9 Å². The summed E-state index contributed by atoms with van der Waals surface area (Å²) in [5.74, 6) is 0.395. The van der Waals surface area contributed by atoms with Gasteiger partial charge in [0.15, 0.2) is 0 Å². The lowest BCUT2D eigenvalue weighted by Gasteiger charge is -2.07. The van der Waals surface area contributed by atoms with Crippen LogP contribution in [0.1, 0.15) is 29.3 Å². The first kappa shape index (κ1) is 15.1. The van der Waals surface area contributed by atoms with Crippen LogP contribution in [0.2, 0.25) is 0 Å². The van der Waals surface area contributed by atoms with E-state index in [2.05, 4.69) is 15.3 Å². The van der Waals surface area contributed by atoms with Crippen LogP contribution in [0.5, 0.6) is 5.88 Å². The molecule has 1 aromatic carbocycles. The lowest BCUT2D eigenvalue weighted by molar-refractivity contribution is 0.0950. The quantitative estimate of drug-likeness (QED) is 0.734. The molecule has 2 heterocycles. The molecule has 0 spiro atoms. The highest BCUT2D eigenvalue weighted by Gasteiger charge is 2.07. The zero-order valence-corrected chi connectivity index (χ0v) is 13.0. The first-order chi connectivity index (χ1) is 11.3. The maximum absolute atomic E-state index is 12.2. The van der Waals surface area contributed by atoms with Crippen LogP contribution >= 0.6 is 0 Å². The van der Waals surface area contributed by atoms with Gasteiger partial charge in [-0.2, -0.15) is 0 Å². The van der Waals surface area contributed by atoms with Gasteiger partial charge in [-0.3, -0.25) is 4.79 Å². The molecule has 0 aliphatic rings. The number of benzene rings is 1. The topological polar surface area (TPSA) is 67.0 Å². The molecule has 0 unspecified atom stereocenters. The molecule has 0 saturated heterocycles. The monoisotopic (exact) mass is 309 g/mol. The smallest absolute Gasteiger partial charge is 0.253 e. The number of H-pyrrole nitrogens is 1. The van der Waals surface area contributed by atoms with Gasteiger partial charge < -0.3 is 15.0 Å². The van der Waals surface area contributed by atoms with Crippen LogP contribution in [0.3, 0.4) is 0 Å². The van der Waals surface area contributed by atoms with Crippen molar-refractivity contribution >= 4 is 16.8 Å². The Bertz CT molecular complexity index is 793. The van der Waals surface area contributed by atoms with Crippen LogP contribution in [0, 0.1) is 0 Å². The van der Waals surface area contributed by atoms with Gasteiger partial charge in [-0.15, -0.1) is 0 Å². The minimum Gasteiger partial charge on any atom is -0.478 e. The number of nitrogens with zero attached hydrogens (tertiary/aromatic N) is 1. The van der Waals surface area contributed by atoms with Gasteiger partial charge in [-0.05, 0) is 35.6 Å². The highest BCUT2D eigenvalue weighted by atomic mass is 16.5. The second-order valence-electron chi connectivity index (χ2n) is 5.32. The van der Waals surface area contributed by atoms with E-state index in [1.807, 2.05) is 37.4 Å². The normalized spacial score (nSPS) is 10.7. The van der Waals surface area contributed by atoms with E-state index in [0.29, 0.717) is 24.6 Å². The number of rotatable bonds is 6. The number of hydrogen-bond acceptors (Lipinski definition) is 3. The van der Waals surface area contributed by atoms with Crippen molar-refractivity contribution in [1.29, 1.82) is 0 Å². The summed E-state index contributed by atoms with van der Waals surface area (Å²) < 4.78 is 5.41. The molecule has 0 fully saturated rings. The lowest BCUT2D eigenvalue weighted by atomic mass is 10.1. The summed E-state index contributed by atoms with van der Waals surface area (Å²) in [4.78, 5) is 19.5. The Labute approximate surface area is 134 Å². The van der Waals surface area contributed by atoms with E-state index >= 15 is 0 Å².